The Bertz CT molecular complexity index is 801. The standard InChI is InChI=1S/C17H24N4O2S/c1-3-20-12-17(19-13(20)2)24(22,23)21-10-15(9-18)16(11-21)14-7-5-4-6-8-14/h4-8,12,15-16H,3,9-11,18H2,1-2H3/t15-,16+/m1/s1. The third kappa shape index (κ3) is 2.99. The van der Waals surface area contributed by atoms with Crippen LogP contribution in [0.25, 0.3) is 0 Å². The molecule has 130 valence electrons. The Morgan fingerprint density at radius 1 is 1.25 bits per heavy atom. The first-order valence-electron chi connectivity index (χ1n) is 8.26. The second-order valence-corrected chi connectivity index (χ2v) is 8.13. The summed E-state index contributed by atoms with van der Waals surface area (Å²) >= 11 is 0. The number of nitrogens with zero attached hydrogens (tertiary/aromatic N) is 3. The first-order valence-corrected chi connectivity index (χ1v) is 9.70. The number of sulfonamides is 1. The highest BCUT2D eigenvalue weighted by Gasteiger charge is 2.40. The van der Waals surface area contributed by atoms with Gasteiger partial charge in [0.1, 0.15) is 5.82 Å². The Morgan fingerprint density at radius 3 is 2.54 bits per heavy atom. The van der Waals surface area contributed by atoms with Gasteiger partial charge >= 0.3 is 0 Å². The van der Waals surface area contributed by atoms with E-state index >= 15 is 0 Å². The van der Waals surface area contributed by atoms with Crippen LogP contribution >= 0.6 is 0 Å². The normalized spacial score (nSPS) is 22.1. The molecule has 1 aliphatic heterocycles. The van der Waals surface area contributed by atoms with Crippen molar-refractivity contribution in [3.05, 3.63) is 47.9 Å². The zero-order chi connectivity index (χ0) is 17.3. The van der Waals surface area contributed by atoms with Crippen LogP contribution in [0.3, 0.4) is 0 Å². The fourth-order valence-corrected chi connectivity index (χ4v) is 4.92. The van der Waals surface area contributed by atoms with Gasteiger partial charge in [-0.05, 0) is 31.9 Å². The highest BCUT2D eigenvalue weighted by molar-refractivity contribution is 7.89. The van der Waals surface area contributed by atoms with Crippen LogP contribution in [0.5, 0.6) is 0 Å². The predicted octanol–water partition coefficient (Wildman–Crippen LogP) is 1.57. The van der Waals surface area contributed by atoms with Gasteiger partial charge in [0.05, 0.1) is 0 Å². The van der Waals surface area contributed by atoms with Gasteiger partial charge < -0.3 is 10.3 Å². The molecular weight excluding hydrogens is 324 g/mol. The lowest BCUT2D eigenvalue weighted by atomic mass is 9.89. The van der Waals surface area contributed by atoms with E-state index in [1.165, 1.54) is 4.31 Å². The summed E-state index contributed by atoms with van der Waals surface area (Å²) in [5.74, 6) is 0.960. The molecule has 6 nitrogen and oxygen atoms in total. The molecule has 0 unspecified atom stereocenters. The van der Waals surface area contributed by atoms with Gasteiger partial charge in [0.25, 0.3) is 10.0 Å². The number of hydrogen-bond donors (Lipinski definition) is 1. The van der Waals surface area contributed by atoms with E-state index in [2.05, 4.69) is 4.98 Å². The molecule has 1 fully saturated rings. The van der Waals surface area contributed by atoms with Crippen molar-refractivity contribution in [3.8, 4) is 0 Å². The second kappa shape index (κ2) is 6.66. The zero-order valence-corrected chi connectivity index (χ0v) is 14.9. The van der Waals surface area contributed by atoms with Gasteiger partial charge in [-0.15, -0.1) is 0 Å². The lowest BCUT2D eigenvalue weighted by Crippen LogP contribution is -2.30. The largest absolute Gasteiger partial charge is 0.334 e. The average molecular weight is 348 g/mol. The maximum Gasteiger partial charge on any atom is 0.262 e. The topological polar surface area (TPSA) is 81.2 Å². The summed E-state index contributed by atoms with van der Waals surface area (Å²) in [4.78, 5) is 4.25. The molecule has 1 aliphatic rings. The third-order valence-corrected chi connectivity index (χ3v) is 6.54. The maximum atomic E-state index is 13.0. The van der Waals surface area contributed by atoms with E-state index < -0.39 is 10.0 Å². The molecule has 1 saturated heterocycles. The van der Waals surface area contributed by atoms with Gasteiger partial charge in [-0.3, -0.25) is 0 Å². The van der Waals surface area contributed by atoms with Crippen LogP contribution in [0, 0.1) is 12.8 Å². The Hall–Kier alpha value is -1.70. The van der Waals surface area contributed by atoms with Crippen molar-refractivity contribution in [2.75, 3.05) is 19.6 Å². The average Bonchev–Trinajstić information content (AvgIpc) is 3.19. The zero-order valence-electron chi connectivity index (χ0n) is 14.1. The Morgan fingerprint density at radius 2 is 1.96 bits per heavy atom. The van der Waals surface area contributed by atoms with E-state index in [-0.39, 0.29) is 16.9 Å². The SMILES string of the molecule is CCn1cc(S(=O)(=O)N2C[C@@H](CN)[C@H](c3ccccc3)C2)nc1C. The van der Waals surface area contributed by atoms with Gasteiger partial charge in [-0.2, -0.15) is 4.31 Å². The second-order valence-electron chi connectivity index (χ2n) is 6.25. The Labute approximate surface area is 143 Å². The number of hydrogen-bond acceptors (Lipinski definition) is 4. The molecule has 7 heteroatoms. The number of benzene rings is 1. The molecule has 0 bridgehead atoms. The minimum absolute atomic E-state index is 0.122. The number of aryl methyl sites for hydroxylation is 2. The summed E-state index contributed by atoms with van der Waals surface area (Å²) in [6, 6.07) is 10.0. The molecule has 0 spiro atoms. The van der Waals surface area contributed by atoms with Crippen LogP contribution in [0.2, 0.25) is 0 Å². The van der Waals surface area contributed by atoms with Crippen molar-refractivity contribution >= 4 is 10.0 Å². The minimum Gasteiger partial charge on any atom is -0.334 e. The van der Waals surface area contributed by atoms with Crippen molar-refractivity contribution < 1.29 is 8.42 Å². The van der Waals surface area contributed by atoms with Crippen molar-refractivity contribution in [3.63, 3.8) is 0 Å². The van der Waals surface area contributed by atoms with Crippen LogP contribution in [0.4, 0.5) is 0 Å². The highest BCUT2D eigenvalue weighted by Crippen LogP contribution is 2.34. The van der Waals surface area contributed by atoms with E-state index in [0.29, 0.717) is 32.0 Å². The molecule has 0 radical (unpaired) electrons. The fraction of sp³-hybridized carbons (Fsp3) is 0.471. The van der Waals surface area contributed by atoms with Gasteiger partial charge in [-0.25, -0.2) is 13.4 Å². The van der Waals surface area contributed by atoms with Crippen LogP contribution in [0.1, 0.15) is 24.2 Å². The molecule has 0 amide bonds. The lowest BCUT2D eigenvalue weighted by Gasteiger charge is -2.16. The first-order chi connectivity index (χ1) is 11.5. The molecule has 1 aromatic heterocycles. The molecule has 0 saturated carbocycles. The number of nitrogens with two attached hydrogens (primary N) is 1. The fourth-order valence-electron chi connectivity index (χ4n) is 3.40. The first kappa shape index (κ1) is 17.1. The summed E-state index contributed by atoms with van der Waals surface area (Å²) in [5, 5.41) is 0.131. The van der Waals surface area contributed by atoms with Crippen LogP contribution in [-0.2, 0) is 16.6 Å². The lowest BCUT2D eigenvalue weighted by molar-refractivity contribution is 0.456. The summed E-state index contributed by atoms with van der Waals surface area (Å²) in [5.41, 5.74) is 7.05. The van der Waals surface area contributed by atoms with E-state index in [1.807, 2.05) is 48.7 Å². The van der Waals surface area contributed by atoms with Gasteiger partial charge in [0.15, 0.2) is 5.03 Å². The summed E-state index contributed by atoms with van der Waals surface area (Å²) in [6.45, 7) is 5.85. The van der Waals surface area contributed by atoms with Crippen molar-refractivity contribution in [2.45, 2.75) is 31.3 Å². The molecule has 2 atom stereocenters. The van der Waals surface area contributed by atoms with Crippen molar-refractivity contribution in [1.82, 2.24) is 13.9 Å². The predicted molar refractivity (Wildman–Crippen MR) is 93.1 cm³/mol. The van der Waals surface area contributed by atoms with Crippen LogP contribution in [-0.4, -0.2) is 41.9 Å². The van der Waals surface area contributed by atoms with Crippen molar-refractivity contribution in [2.24, 2.45) is 11.7 Å². The summed E-state index contributed by atoms with van der Waals surface area (Å²) < 4.78 is 29.3. The maximum absolute atomic E-state index is 13.0. The van der Waals surface area contributed by atoms with E-state index in [9.17, 15) is 8.42 Å². The van der Waals surface area contributed by atoms with Crippen LogP contribution < -0.4 is 5.73 Å². The van der Waals surface area contributed by atoms with Gasteiger partial charge in [0.2, 0.25) is 0 Å². The molecular formula is C17H24N4O2S. The quantitative estimate of drug-likeness (QED) is 0.889. The monoisotopic (exact) mass is 348 g/mol. The third-order valence-electron chi connectivity index (χ3n) is 4.84. The molecule has 24 heavy (non-hydrogen) atoms. The van der Waals surface area contributed by atoms with E-state index in [4.69, 9.17) is 5.73 Å². The summed E-state index contributed by atoms with van der Waals surface area (Å²) in [6.07, 6.45) is 1.62. The van der Waals surface area contributed by atoms with E-state index in [0.717, 1.165) is 5.56 Å². The molecule has 2 N–H and O–H groups in total. The Balaban J connectivity index is 1.89. The highest BCUT2D eigenvalue weighted by atomic mass is 32.2. The minimum atomic E-state index is -3.59. The van der Waals surface area contributed by atoms with Crippen molar-refractivity contribution in [1.29, 1.82) is 0 Å². The summed E-state index contributed by atoms with van der Waals surface area (Å²) in [7, 11) is -3.59. The van der Waals surface area contributed by atoms with Gasteiger partial charge in [0, 0.05) is 31.7 Å². The van der Waals surface area contributed by atoms with Gasteiger partial charge in [-0.1, -0.05) is 30.3 Å². The number of imidazole rings is 1. The molecule has 1 aromatic carbocycles. The van der Waals surface area contributed by atoms with E-state index in [1.54, 1.807) is 6.20 Å². The van der Waals surface area contributed by atoms with Crippen LogP contribution in [0.15, 0.2) is 41.6 Å². The number of aromatic nitrogens is 2. The molecule has 3 rings (SSSR count). The smallest absolute Gasteiger partial charge is 0.262 e. The number of rotatable bonds is 5. The molecule has 2 aromatic rings. The Kier molecular flexibility index (Phi) is 4.76. The molecule has 0 aliphatic carbocycles. The molecule has 2 heterocycles.